The first kappa shape index (κ1) is 24.3. The number of pyridine rings is 1. The molecule has 0 saturated heterocycles. The molecule has 0 bridgehead atoms. The lowest BCUT2D eigenvalue weighted by Crippen LogP contribution is -2.44. The van der Waals surface area contributed by atoms with Crippen molar-refractivity contribution in [3.8, 4) is 0 Å². The summed E-state index contributed by atoms with van der Waals surface area (Å²) in [4.78, 5) is 4.47. The van der Waals surface area contributed by atoms with E-state index in [-0.39, 0.29) is 23.4 Å². The van der Waals surface area contributed by atoms with E-state index in [1.54, 1.807) is 44.2 Å². The average molecular weight is 467 g/mol. The van der Waals surface area contributed by atoms with Crippen molar-refractivity contribution in [3.63, 3.8) is 0 Å². The van der Waals surface area contributed by atoms with Crippen LogP contribution >= 0.6 is 11.6 Å². The quantitative estimate of drug-likeness (QED) is 0.353. The summed E-state index contributed by atoms with van der Waals surface area (Å²) in [5, 5.41) is 3.55. The highest BCUT2D eigenvalue weighted by Crippen LogP contribution is 2.53. The lowest BCUT2D eigenvalue weighted by atomic mass is 9.73. The third-order valence-corrected chi connectivity index (χ3v) is 6.41. The third kappa shape index (κ3) is 4.42. The summed E-state index contributed by atoms with van der Waals surface area (Å²) in [6.45, 7) is 6.49. The lowest BCUT2D eigenvalue weighted by molar-refractivity contribution is -0.227. The van der Waals surface area contributed by atoms with E-state index in [4.69, 9.17) is 11.6 Å². The van der Waals surface area contributed by atoms with Crippen molar-refractivity contribution in [2.75, 3.05) is 5.32 Å². The number of rotatable bonds is 7. The molecule has 1 N–H and O–H groups in total. The zero-order chi connectivity index (χ0) is 23.7. The monoisotopic (exact) mass is 466 g/mol. The van der Waals surface area contributed by atoms with E-state index in [0.717, 1.165) is 12.6 Å². The zero-order valence-corrected chi connectivity index (χ0v) is 19.3. The molecular weight excluding hydrogens is 440 g/mol. The molecule has 0 fully saturated rings. The predicted octanol–water partition coefficient (Wildman–Crippen LogP) is 8.42. The Morgan fingerprint density at radius 2 is 1.78 bits per heavy atom. The van der Waals surface area contributed by atoms with E-state index in [9.17, 15) is 13.2 Å². The van der Waals surface area contributed by atoms with Crippen molar-refractivity contribution in [3.05, 3.63) is 70.1 Å². The number of fused-ring (bicyclic) bond motifs is 1. The van der Waals surface area contributed by atoms with Gasteiger partial charge in [-0.05, 0) is 62.6 Å². The largest absolute Gasteiger partial charge is 0.396 e. The topological polar surface area (TPSA) is 24.9 Å². The minimum atomic E-state index is -4.58. The molecule has 0 aliphatic carbocycles. The van der Waals surface area contributed by atoms with Crippen LogP contribution in [0.25, 0.3) is 10.9 Å². The molecule has 1 heterocycles. The molecule has 2 atom stereocenters. The number of aryl methyl sites for hydroxylation is 2. The molecule has 3 aromatic rings. The number of anilines is 1. The van der Waals surface area contributed by atoms with Gasteiger partial charge in [-0.25, -0.2) is 4.39 Å². The second kappa shape index (κ2) is 9.26. The highest BCUT2D eigenvalue weighted by atomic mass is 35.5. The summed E-state index contributed by atoms with van der Waals surface area (Å²) in [5.74, 6) is -0.815. The predicted molar refractivity (Wildman–Crippen MR) is 123 cm³/mol. The molecule has 0 radical (unpaired) electrons. The van der Waals surface area contributed by atoms with E-state index in [0.29, 0.717) is 28.6 Å². The van der Waals surface area contributed by atoms with Crippen LogP contribution in [0.4, 0.5) is 23.2 Å². The van der Waals surface area contributed by atoms with Gasteiger partial charge < -0.3 is 5.32 Å². The normalized spacial score (nSPS) is 14.9. The maximum Gasteiger partial charge on any atom is 0.396 e. The van der Waals surface area contributed by atoms with Crippen LogP contribution in [0.2, 0.25) is 5.02 Å². The molecular formula is C25H27ClF4N2. The highest BCUT2D eigenvalue weighted by Gasteiger charge is 2.56. The molecule has 7 heteroatoms. The fourth-order valence-electron chi connectivity index (χ4n) is 4.28. The summed E-state index contributed by atoms with van der Waals surface area (Å²) in [7, 11) is 0. The summed E-state index contributed by atoms with van der Waals surface area (Å²) in [6, 6.07) is 10.5. The number of halogens is 5. The average Bonchev–Trinajstić information content (AvgIpc) is 2.73. The molecule has 3 rings (SSSR count). The van der Waals surface area contributed by atoms with Gasteiger partial charge in [0.25, 0.3) is 0 Å². The van der Waals surface area contributed by atoms with Gasteiger partial charge >= 0.3 is 6.18 Å². The Bertz CT molecular complexity index is 1110. The zero-order valence-electron chi connectivity index (χ0n) is 18.6. The first-order valence-electron chi connectivity index (χ1n) is 10.7. The SMILES string of the molecule is CCCC(C)(C(Nc1cccc2nc(C)ccc12)c1c(CC)ccc(Cl)c1F)C(F)(F)F. The number of aromatic nitrogens is 1. The molecule has 0 saturated carbocycles. The van der Waals surface area contributed by atoms with Crippen LogP contribution < -0.4 is 5.32 Å². The molecule has 2 unspecified atom stereocenters. The Labute approximate surface area is 191 Å². The van der Waals surface area contributed by atoms with Crippen LogP contribution in [0.5, 0.6) is 0 Å². The molecule has 172 valence electrons. The van der Waals surface area contributed by atoms with Gasteiger partial charge in [-0.15, -0.1) is 0 Å². The van der Waals surface area contributed by atoms with Crippen molar-refractivity contribution < 1.29 is 17.6 Å². The summed E-state index contributed by atoms with van der Waals surface area (Å²) in [6.07, 6.45) is -4.10. The lowest BCUT2D eigenvalue weighted by Gasteiger charge is -2.41. The molecule has 0 spiro atoms. The smallest absolute Gasteiger partial charge is 0.377 e. The van der Waals surface area contributed by atoms with Gasteiger partial charge in [-0.3, -0.25) is 4.98 Å². The molecule has 2 aromatic carbocycles. The van der Waals surface area contributed by atoms with Crippen LogP contribution in [0.15, 0.2) is 42.5 Å². The van der Waals surface area contributed by atoms with E-state index in [1.807, 2.05) is 13.0 Å². The van der Waals surface area contributed by atoms with Crippen molar-refractivity contribution in [2.45, 2.75) is 59.2 Å². The molecule has 2 nitrogen and oxygen atoms in total. The second-order valence-electron chi connectivity index (χ2n) is 8.36. The Balaban J connectivity index is 2.29. The first-order chi connectivity index (χ1) is 15.0. The molecule has 0 aliphatic rings. The number of hydrogen-bond donors (Lipinski definition) is 1. The van der Waals surface area contributed by atoms with Crippen LogP contribution in [0.3, 0.4) is 0 Å². The maximum absolute atomic E-state index is 15.4. The Morgan fingerprint density at radius 3 is 2.41 bits per heavy atom. The minimum absolute atomic E-state index is 0.0367. The standard InChI is InChI=1S/C25H27ClF4N2/c1-5-14-24(4,25(28,29)30)23(21-16(6-2)11-13-18(26)22(21)27)32-20-9-7-8-19-17(20)12-10-15(3)31-19/h7-13,23,32H,5-6,14H2,1-4H3. The third-order valence-electron chi connectivity index (χ3n) is 6.12. The second-order valence-corrected chi connectivity index (χ2v) is 8.76. The van der Waals surface area contributed by atoms with E-state index < -0.39 is 23.5 Å². The minimum Gasteiger partial charge on any atom is -0.377 e. The van der Waals surface area contributed by atoms with Gasteiger partial charge in [0.2, 0.25) is 0 Å². The number of hydrogen-bond acceptors (Lipinski definition) is 2. The first-order valence-corrected chi connectivity index (χ1v) is 11.1. The Kier molecular flexibility index (Phi) is 7.03. The molecule has 1 aromatic heterocycles. The number of nitrogens with zero attached hydrogens (tertiary/aromatic N) is 1. The van der Waals surface area contributed by atoms with Gasteiger partial charge in [-0.1, -0.05) is 44.0 Å². The molecule has 32 heavy (non-hydrogen) atoms. The fourth-order valence-corrected chi connectivity index (χ4v) is 4.45. The van der Waals surface area contributed by atoms with E-state index in [1.165, 1.54) is 6.07 Å². The van der Waals surface area contributed by atoms with Gasteiger partial charge in [0.1, 0.15) is 5.82 Å². The van der Waals surface area contributed by atoms with Crippen LogP contribution in [0, 0.1) is 18.2 Å². The van der Waals surface area contributed by atoms with Crippen LogP contribution in [-0.2, 0) is 6.42 Å². The molecule has 0 aliphatic heterocycles. The van der Waals surface area contributed by atoms with Gasteiger partial charge in [0.05, 0.1) is 22.0 Å². The van der Waals surface area contributed by atoms with Crippen LogP contribution in [0.1, 0.15) is 56.5 Å². The van der Waals surface area contributed by atoms with Gasteiger partial charge in [0, 0.05) is 22.3 Å². The Morgan fingerprint density at radius 1 is 1.06 bits per heavy atom. The van der Waals surface area contributed by atoms with E-state index >= 15 is 4.39 Å². The van der Waals surface area contributed by atoms with Crippen molar-refractivity contribution in [1.82, 2.24) is 4.98 Å². The van der Waals surface area contributed by atoms with E-state index in [2.05, 4.69) is 10.3 Å². The molecule has 0 amide bonds. The number of benzene rings is 2. The number of alkyl halides is 3. The maximum atomic E-state index is 15.4. The summed E-state index contributed by atoms with van der Waals surface area (Å²) >= 11 is 6.05. The highest BCUT2D eigenvalue weighted by molar-refractivity contribution is 6.30. The van der Waals surface area contributed by atoms with Gasteiger partial charge in [0.15, 0.2) is 0 Å². The van der Waals surface area contributed by atoms with Gasteiger partial charge in [-0.2, -0.15) is 13.2 Å². The fraction of sp³-hybridized carbons (Fsp3) is 0.400. The van der Waals surface area contributed by atoms with Crippen molar-refractivity contribution in [2.24, 2.45) is 5.41 Å². The van der Waals surface area contributed by atoms with Crippen molar-refractivity contribution in [1.29, 1.82) is 0 Å². The summed E-state index contributed by atoms with van der Waals surface area (Å²) < 4.78 is 59.0. The Hall–Kier alpha value is -2.34. The summed E-state index contributed by atoms with van der Waals surface area (Å²) in [5.41, 5.74) is 0.132. The van der Waals surface area contributed by atoms with Crippen molar-refractivity contribution >= 4 is 28.2 Å². The van der Waals surface area contributed by atoms with Crippen LogP contribution in [-0.4, -0.2) is 11.2 Å². The number of nitrogens with one attached hydrogen (secondary N) is 1.